The van der Waals surface area contributed by atoms with Gasteiger partial charge >= 0.3 is 0 Å². The van der Waals surface area contributed by atoms with E-state index in [1.165, 1.54) is 25.7 Å². The van der Waals surface area contributed by atoms with E-state index in [1.54, 1.807) is 7.11 Å². The van der Waals surface area contributed by atoms with E-state index in [0.717, 1.165) is 6.42 Å². The van der Waals surface area contributed by atoms with E-state index < -0.39 is 0 Å². The molecule has 5 nitrogen and oxygen atoms in total. The van der Waals surface area contributed by atoms with Gasteiger partial charge in [0, 0.05) is 13.2 Å². The molecule has 1 N–H and O–H groups in total. The van der Waals surface area contributed by atoms with E-state index >= 15 is 0 Å². The molecule has 1 unspecified atom stereocenters. The Morgan fingerprint density at radius 3 is 2.88 bits per heavy atom. The van der Waals surface area contributed by atoms with Crippen LogP contribution in [0.25, 0.3) is 0 Å². The van der Waals surface area contributed by atoms with Crippen molar-refractivity contribution in [3.8, 4) is 0 Å². The van der Waals surface area contributed by atoms with Gasteiger partial charge in [0.15, 0.2) is 0 Å². The molecule has 96 valence electrons. The van der Waals surface area contributed by atoms with E-state index in [-0.39, 0.29) is 6.10 Å². The molecule has 17 heavy (non-hydrogen) atoms. The minimum Gasteiger partial charge on any atom is -0.373 e. The highest BCUT2D eigenvalue weighted by Crippen LogP contribution is 2.19. The third-order valence-corrected chi connectivity index (χ3v) is 3.32. The Balaban J connectivity index is 1.84. The van der Waals surface area contributed by atoms with Crippen LogP contribution in [0.2, 0.25) is 0 Å². The van der Waals surface area contributed by atoms with Crippen LogP contribution >= 0.6 is 0 Å². The van der Waals surface area contributed by atoms with Gasteiger partial charge in [-0.05, 0) is 19.3 Å². The molecule has 1 fully saturated rings. The Hall–Kier alpha value is -0.940. The zero-order valence-electron chi connectivity index (χ0n) is 10.6. The summed E-state index contributed by atoms with van der Waals surface area (Å²) in [7, 11) is 1.67. The molecule has 1 aromatic rings. The predicted octanol–water partition coefficient (Wildman–Crippen LogP) is 2.20. The average molecular weight is 239 g/mol. The van der Waals surface area contributed by atoms with Crippen molar-refractivity contribution in [3.05, 3.63) is 11.7 Å². The van der Waals surface area contributed by atoms with Gasteiger partial charge in [0.05, 0.1) is 6.54 Å². The minimum atomic E-state index is -0.0565. The maximum Gasteiger partial charge on any atom is 0.240 e. The van der Waals surface area contributed by atoms with Crippen molar-refractivity contribution in [3.63, 3.8) is 0 Å². The molecule has 1 aliphatic carbocycles. The van der Waals surface area contributed by atoms with Crippen molar-refractivity contribution >= 4 is 0 Å². The lowest BCUT2D eigenvalue weighted by Gasteiger charge is -2.08. The molecule has 0 bridgehead atoms. The number of hydrogen-bond acceptors (Lipinski definition) is 5. The zero-order valence-corrected chi connectivity index (χ0v) is 10.6. The van der Waals surface area contributed by atoms with Gasteiger partial charge in [-0.1, -0.05) is 24.9 Å². The first kappa shape index (κ1) is 12.5. The summed E-state index contributed by atoms with van der Waals surface area (Å²) in [5.41, 5.74) is 0. The summed E-state index contributed by atoms with van der Waals surface area (Å²) in [5.74, 6) is 1.31. The van der Waals surface area contributed by atoms with Crippen LogP contribution in [-0.2, 0) is 11.3 Å². The van der Waals surface area contributed by atoms with Gasteiger partial charge in [-0.2, -0.15) is 4.98 Å². The molecule has 1 aliphatic rings. The summed E-state index contributed by atoms with van der Waals surface area (Å²) in [6.07, 6.45) is 5.97. The average Bonchev–Trinajstić information content (AvgIpc) is 2.99. The molecule has 2 rings (SSSR count). The van der Waals surface area contributed by atoms with Crippen LogP contribution in [-0.4, -0.2) is 23.3 Å². The number of nitrogens with one attached hydrogen (secondary N) is 1. The summed E-state index contributed by atoms with van der Waals surface area (Å²) in [6, 6.07) is 0.620. The van der Waals surface area contributed by atoms with Gasteiger partial charge in [0.1, 0.15) is 6.10 Å². The van der Waals surface area contributed by atoms with E-state index in [0.29, 0.717) is 24.3 Å². The molecule has 0 saturated heterocycles. The topological polar surface area (TPSA) is 60.2 Å². The second-order valence-corrected chi connectivity index (χ2v) is 4.54. The fourth-order valence-electron chi connectivity index (χ4n) is 2.29. The first-order valence-corrected chi connectivity index (χ1v) is 6.42. The molecular weight excluding hydrogens is 218 g/mol. The summed E-state index contributed by atoms with van der Waals surface area (Å²) < 4.78 is 10.5. The fourth-order valence-corrected chi connectivity index (χ4v) is 2.29. The summed E-state index contributed by atoms with van der Waals surface area (Å²) in [5, 5.41) is 7.40. The third kappa shape index (κ3) is 3.26. The smallest absolute Gasteiger partial charge is 0.240 e. The quantitative estimate of drug-likeness (QED) is 0.824. The van der Waals surface area contributed by atoms with Crippen LogP contribution in [0.15, 0.2) is 4.52 Å². The molecular formula is C12H21N3O2. The highest BCUT2D eigenvalue weighted by Gasteiger charge is 2.18. The molecule has 0 radical (unpaired) electrons. The summed E-state index contributed by atoms with van der Waals surface area (Å²) >= 11 is 0. The lowest BCUT2D eigenvalue weighted by atomic mass is 10.2. The number of ether oxygens (including phenoxy) is 1. The maximum absolute atomic E-state index is 5.27. The Morgan fingerprint density at radius 2 is 2.24 bits per heavy atom. The van der Waals surface area contributed by atoms with Crippen LogP contribution in [0.3, 0.4) is 0 Å². The molecule has 1 heterocycles. The first-order valence-electron chi connectivity index (χ1n) is 6.42. The monoisotopic (exact) mass is 239 g/mol. The van der Waals surface area contributed by atoms with Gasteiger partial charge in [-0.3, -0.25) is 0 Å². The van der Waals surface area contributed by atoms with Crippen LogP contribution in [0.4, 0.5) is 0 Å². The maximum atomic E-state index is 5.27. The second-order valence-electron chi connectivity index (χ2n) is 4.54. The lowest BCUT2D eigenvalue weighted by molar-refractivity contribution is 0.0903. The number of methoxy groups -OCH3 is 1. The van der Waals surface area contributed by atoms with Crippen molar-refractivity contribution in [2.75, 3.05) is 7.11 Å². The van der Waals surface area contributed by atoms with Crippen LogP contribution in [0.5, 0.6) is 0 Å². The predicted molar refractivity (Wildman–Crippen MR) is 63.4 cm³/mol. The van der Waals surface area contributed by atoms with E-state index in [2.05, 4.69) is 15.5 Å². The minimum absolute atomic E-state index is 0.0565. The first-order chi connectivity index (χ1) is 8.33. The van der Waals surface area contributed by atoms with Crippen molar-refractivity contribution in [2.45, 2.75) is 57.7 Å². The molecule has 0 amide bonds. The molecule has 1 atom stereocenters. The van der Waals surface area contributed by atoms with E-state index in [9.17, 15) is 0 Å². The van der Waals surface area contributed by atoms with Gasteiger partial charge in [-0.25, -0.2) is 0 Å². The molecule has 0 aromatic carbocycles. The van der Waals surface area contributed by atoms with Crippen LogP contribution in [0, 0.1) is 0 Å². The van der Waals surface area contributed by atoms with Gasteiger partial charge in [-0.15, -0.1) is 0 Å². The van der Waals surface area contributed by atoms with Crippen LogP contribution < -0.4 is 5.32 Å². The largest absolute Gasteiger partial charge is 0.373 e. The number of nitrogens with zero attached hydrogens (tertiary/aromatic N) is 2. The fraction of sp³-hybridized carbons (Fsp3) is 0.833. The second kappa shape index (κ2) is 6.12. The van der Waals surface area contributed by atoms with Crippen molar-refractivity contribution in [1.29, 1.82) is 0 Å². The van der Waals surface area contributed by atoms with E-state index in [1.807, 2.05) is 6.92 Å². The molecule has 1 aromatic heterocycles. The van der Waals surface area contributed by atoms with Crippen LogP contribution in [0.1, 0.15) is 56.8 Å². The Bertz CT molecular complexity index is 330. The van der Waals surface area contributed by atoms with E-state index in [4.69, 9.17) is 9.26 Å². The van der Waals surface area contributed by atoms with Crippen molar-refractivity contribution < 1.29 is 9.26 Å². The summed E-state index contributed by atoms with van der Waals surface area (Å²) in [6.45, 7) is 2.71. The van der Waals surface area contributed by atoms with Gasteiger partial charge in [0.25, 0.3) is 0 Å². The highest BCUT2D eigenvalue weighted by atomic mass is 16.5. The lowest BCUT2D eigenvalue weighted by Crippen LogP contribution is -2.25. The summed E-state index contributed by atoms with van der Waals surface area (Å²) in [4.78, 5) is 4.35. The van der Waals surface area contributed by atoms with Gasteiger partial charge in [0.2, 0.25) is 11.7 Å². The third-order valence-electron chi connectivity index (χ3n) is 3.32. The SMILES string of the molecule is CCC(OC)c1noc(CNC2CCCC2)n1. The zero-order chi connectivity index (χ0) is 12.1. The Kier molecular flexibility index (Phi) is 4.50. The molecule has 0 aliphatic heterocycles. The number of rotatable bonds is 6. The van der Waals surface area contributed by atoms with Gasteiger partial charge < -0.3 is 14.6 Å². The molecule has 0 spiro atoms. The van der Waals surface area contributed by atoms with Crippen molar-refractivity contribution in [2.24, 2.45) is 0 Å². The molecule has 1 saturated carbocycles. The normalized spacial score (nSPS) is 18.7. The standard InChI is InChI=1S/C12H21N3O2/c1-3-10(16-2)12-14-11(17-15-12)8-13-9-6-4-5-7-9/h9-10,13H,3-8H2,1-2H3. The Morgan fingerprint density at radius 1 is 1.47 bits per heavy atom. The number of aromatic nitrogens is 2. The molecule has 5 heteroatoms. The number of hydrogen-bond donors (Lipinski definition) is 1. The Labute approximate surface area is 102 Å². The highest BCUT2D eigenvalue weighted by molar-refractivity contribution is 4.91. The van der Waals surface area contributed by atoms with Crippen molar-refractivity contribution in [1.82, 2.24) is 15.5 Å².